The highest BCUT2D eigenvalue weighted by molar-refractivity contribution is 7.13. The molecule has 1 aromatic heterocycles. The molecule has 0 saturated heterocycles. The van der Waals surface area contributed by atoms with Crippen molar-refractivity contribution in [3.8, 4) is 10.6 Å². The molecule has 2 rings (SSSR count). The number of rotatable bonds is 2. The van der Waals surface area contributed by atoms with Crippen molar-refractivity contribution in [1.82, 2.24) is 4.98 Å². The molecule has 0 fully saturated rings. The van der Waals surface area contributed by atoms with Gasteiger partial charge >= 0.3 is 6.18 Å². The first-order chi connectivity index (χ1) is 8.02. The van der Waals surface area contributed by atoms with E-state index in [0.29, 0.717) is 16.1 Å². The molecule has 6 heteroatoms. The van der Waals surface area contributed by atoms with Crippen LogP contribution < -0.4 is 0 Å². The molecule has 1 aromatic carbocycles. The smallest absolute Gasteiger partial charge is 0.245 e. The fourth-order valence-corrected chi connectivity index (χ4v) is 2.35. The lowest BCUT2D eigenvalue weighted by Gasteiger charge is -2.10. The summed E-state index contributed by atoms with van der Waals surface area (Å²) < 4.78 is 37.8. The molecule has 90 valence electrons. The Hall–Kier alpha value is -1.07. The van der Waals surface area contributed by atoms with Crippen LogP contribution >= 0.6 is 22.9 Å². The van der Waals surface area contributed by atoms with E-state index in [1.807, 2.05) is 0 Å². The van der Waals surface area contributed by atoms with Gasteiger partial charge in [-0.25, -0.2) is 4.98 Å². The fourth-order valence-electron chi connectivity index (χ4n) is 1.42. The number of benzene rings is 1. The molecule has 0 amide bonds. The van der Waals surface area contributed by atoms with E-state index in [1.54, 1.807) is 11.6 Å². The van der Waals surface area contributed by atoms with Crippen molar-refractivity contribution in [2.45, 2.75) is 12.1 Å². The maximum atomic E-state index is 12.6. The van der Waals surface area contributed by atoms with Crippen LogP contribution in [0.15, 0.2) is 29.8 Å². The minimum Gasteiger partial charge on any atom is -0.245 e. The molecule has 0 radical (unpaired) electrons. The number of nitrogens with zero attached hydrogens (tertiary/aromatic N) is 1. The summed E-state index contributed by atoms with van der Waals surface area (Å²) in [7, 11) is 0. The second-order valence-corrected chi connectivity index (χ2v) is 4.50. The Morgan fingerprint density at radius 3 is 2.59 bits per heavy atom. The zero-order chi connectivity index (χ0) is 12.5. The van der Waals surface area contributed by atoms with E-state index in [0.717, 1.165) is 12.1 Å². The number of halogens is 4. The maximum absolute atomic E-state index is 12.6. The molecule has 0 bridgehead atoms. The van der Waals surface area contributed by atoms with Gasteiger partial charge in [-0.1, -0.05) is 6.07 Å². The van der Waals surface area contributed by atoms with Crippen LogP contribution in [0.5, 0.6) is 0 Å². The van der Waals surface area contributed by atoms with Crippen LogP contribution in [0.2, 0.25) is 0 Å². The van der Waals surface area contributed by atoms with Gasteiger partial charge in [0.15, 0.2) is 0 Å². The zero-order valence-corrected chi connectivity index (χ0v) is 10.0. The van der Waals surface area contributed by atoms with E-state index >= 15 is 0 Å². The average molecular weight is 278 g/mol. The van der Waals surface area contributed by atoms with E-state index in [4.69, 9.17) is 11.6 Å². The van der Waals surface area contributed by atoms with Crippen molar-refractivity contribution in [1.29, 1.82) is 0 Å². The molecule has 0 N–H and O–H groups in total. The summed E-state index contributed by atoms with van der Waals surface area (Å²) in [6.07, 6.45) is -2.80. The summed E-state index contributed by atoms with van der Waals surface area (Å²) in [6.45, 7) is 0. The van der Waals surface area contributed by atoms with E-state index in [1.165, 1.54) is 17.4 Å². The van der Waals surface area contributed by atoms with Crippen molar-refractivity contribution in [3.63, 3.8) is 0 Å². The van der Waals surface area contributed by atoms with Crippen molar-refractivity contribution in [2.75, 3.05) is 0 Å². The summed E-state index contributed by atoms with van der Waals surface area (Å²) in [6, 6.07) is 3.53. The van der Waals surface area contributed by atoms with Gasteiger partial charge in [0.1, 0.15) is 5.01 Å². The van der Waals surface area contributed by atoms with Gasteiger partial charge in [-0.3, -0.25) is 0 Å². The van der Waals surface area contributed by atoms with Gasteiger partial charge in [0.25, 0.3) is 0 Å². The first-order valence-corrected chi connectivity index (χ1v) is 6.09. The fraction of sp³-hybridized carbons (Fsp3) is 0.182. The second kappa shape index (κ2) is 4.66. The topological polar surface area (TPSA) is 12.9 Å². The summed E-state index contributed by atoms with van der Waals surface area (Å²) in [4.78, 5) is 4.01. The maximum Gasteiger partial charge on any atom is 0.416 e. The lowest BCUT2D eigenvalue weighted by Crippen LogP contribution is -2.05. The molecule has 2 aromatic rings. The normalized spacial score (nSPS) is 11.8. The molecule has 0 aliphatic heterocycles. The number of hydrogen-bond acceptors (Lipinski definition) is 2. The van der Waals surface area contributed by atoms with Crippen molar-refractivity contribution in [3.05, 3.63) is 40.9 Å². The van der Waals surface area contributed by atoms with Crippen LogP contribution in [0.1, 0.15) is 11.1 Å². The Balaban J connectivity index is 2.55. The minimum absolute atomic E-state index is 0.160. The molecule has 0 atom stereocenters. The number of hydrogen-bond donors (Lipinski definition) is 0. The average Bonchev–Trinajstić information content (AvgIpc) is 2.80. The summed E-state index contributed by atoms with van der Waals surface area (Å²) in [5, 5.41) is 2.26. The van der Waals surface area contributed by atoms with Crippen LogP contribution in [-0.2, 0) is 12.1 Å². The molecule has 0 spiro atoms. The van der Waals surface area contributed by atoms with E-state index in [2.05, 4.69) is 4.98 Å². The van der Waals surface area contributed by atoms with Crippen LogP contribution in [-0.4, -0.2) is 4.98 Å². The van der Waals surface area contributed by atoms with Crippen molar-refractivity contribution >= 4 is 22.9 Å². The third-order valence-corrected chi connectivity index (χ3v) is 3.34. The molecular formula is C11H7ClF3NS. The van der Waals surface area contributed by atoms with Gasteiger partial charge in [-0.05, 0) is 17.7 Å². The predicted octanol–water partition coefficient (Wildman–Crippen LogP) is 4.57. The van der Waals surface area contributed by atoms with E-state index in [-0.39, 0.29) is 5.88 Å². The summed E-state index contributed by atoms with van der Waals surface area (Å²) >= 11 is 7.00. The van der Waals surface area contributed by atoms with Gasteiger partial charge in [0.2, 0.25) is 0 Å². The highest BCUT2D eigenvalue weighted by atomic mass is 35.5. The number of thiazole rings is 1. The molecule has 0 saturated carbocycles. The van der Waals surface area contributed by atoms with Crippen LogP contribution in [0.25, 0.3) is 10.6 Å². The lowest BCUT2D eigenvalue weighted by molar-refractivity contribution is -0.137. The Morgan fingerprint density at radius 1 is 1.29 bits per heavy atom. The molecule has 0 aliphatic rings. The van der Waals surface area contributed by atoms with Crippen LogP contribution in [0.4, 0.5) is 13.2 Å². The van der Waals surface area contributed by atoms with Crippen molar-refractivity contribution < 1.29 is 13.2 Å². The standard InChI is InChI=1S/C11H7ClF3NS/c12-6-7-1-2-8(11(13,14)15)5-9(7)10-16-3-4-17-10/h1-5H,6H2. The molecule has 0 aliphatic carbocycles. The largest absolute Gasteiger partial charge is 0.416 e. The SMILES string of the molecule is FC(F)(F)c1ccc(CCl)c(-c2nccs2)c1. The van der Waals surface area contributed by atoms with Crippen LogP contribution in [0, 0.1) is 0 Å². The Labute approximate surface area is 105 Å². The summed E-state index contributed by atoms with van der Waals surface area (Å²) in [5.41, 5.74) is 0.413. The monoisotopic (exact) mass is 277 g/mol. The molecular weight excluding hydrogens is 271 g/mol. The molecule has 0 unspecified atom stereocenters. The first kappa shape index (κ1) is 12.4. The third kappa shape index (κ3) is 2.61. The quantitative estimate of drug-likeness (QED) is 0.733. The highest BCUT2D eigenvalue weighted by Crippen LogP contribution is 2.35. The highest BCUT2D eigenvalue weighted by Gasteiger charge is 2.31. The zero-order valence-electron chi connectivity index (χ0n) is 8.46. The van der Waals surface area contributed by atoms with Crippen molar-refractivity contribution in [2.24, 2.45) is 0 Å². The lowest BCUT2D eigenvalue weighted by atomic mass is 10.1. The van der Waals surface area contributed by atoms with Gasteiger partial charge in [0, 0.05) is 23.0 Å². The Bertz CT molecular complexity index is 508. The van der Waals surface area contributed by atoms with Crippen LogP contribution in [0.3, 0.4) is 0 Å². The molecule has 17 heavy (non-hydrogen) atoms. The third-order valence-electron chi connectivity index (χ3n) is 2.24. The van der Waals surface area contributed by atoms with E-state index in [9.17, 15) is 13.2 Å². The van der Waals surface area contributed by atoms with Gasteiger partial charge < -0.3 is 0 Å². The Morgan fingerprint density at radius 2 is 2.06 bits per heavy atom. The summed E-state index contributed by atoms with van der Waals surface area (Å²) in [5.74, 6) is 0.160. The first-order valence-electron chi connectivity index (χ1n) is 4.68. The number of alkyl halides is 4. The minimum atomic E-state index is -4.35. The number of aromatic nitrogens is 1. The second-order valence-electron chi connectivity index (χ2n) is 3.34. The molecule has 1 heterocycles. The Kier molecular flexibility index (Phi) is 3.40. The van der Waals surface area contributed by atoms with Gasteiger partial charge in [-0.2, -0.15) is 13.2 Å². The predicted molar refractivity (Wildman–Crippen MR) is 62.1 cm³/mol. The molecule has 1 nitrogen and oxygen atoms in total. The van der Waals surface area contributed by atoms with Gasteiger partial charge in [0.05, 0.1) is 5.56 Å². The van der Waals surface area contributed by atoms with Gasteiger partial charge in [-0.15, -0.1) is 22.9 Å². The van der Waals surface area contributed by atoms with E-state index < -0.39 is 11.7 Å².